The lowest BCUT2D eigenvalue weighted by Gasteiger charge is -2.09. The molecular formula is C14H18N2O. The summed E-state index contributed by atoms with van der Waals surface area (Å²) >= 11 is 0. The molecule has 0 aromatic heterocycles. The molecule has 0 radical (unpaired) electrons. The fraction of sp³-hybridized carbons (Fsp3) is 0.357. The highest BCUT2D eigenvalue weighted by Gasteiger charge is 2.05. The van der Waals surface area contributed by atoms with E-state index >= 15 is 0 Å². The third-order valence-electron chi connectivity index (χ3n) is 2.37. The van der Waals surface area contributed by atoms with Crippen LogP contribution < -0.4 is 10.6 Å². The van der Waals surface area contributed by atoms with Gasteiger partial charge in [-0.05, 0) is 44.5 Å². The number of benzene rings is 1. The number of hydrogen-bond donors (Lipinski definition) is 2. The molecule has 2 N–H and O–H groups in total. The second-order valence-corrected chi connectivity index (χ2v) is 3.67. The number of nitrogens with one attached hydrogen (secondary N) is 2. The minimum Gasteiger partial charge on any atom is -0.374 e. The number of rotatable bonds is 4. The maximum atomic E-state index is 11.6. The fourth-order valence-corrected chi connectivity index (χ4v) is 1.49. The van der Waals surface area contributed by atoms with Gasteiger partial charge in [0.05, 0.1) is 6.54 Å². The molecule has 3 heteroatoms. The summed E-state index contributed by atoms with van der Waals surface area (Å²) in [6.07, 6.45) is 0. The van der Waals surface area contributed by atoms with E-state index in [0.717, 1.165) is 11.3 Å². The van der Waals surface area contributed by atoms with E-state index in [-0.39, 0.29) is 5.91 Å². The molecule has 1 aromatic rings. The Kier molecular flexibility index (Phi) is 5.09. The van der Waals surface area contributed by atoms with Gasteiger partial charge in [0, 0.05) is 17.8 Å². The van der Waals surface area contributed by atoms with E-state index in [1.165, 1.54) is 0 Å². The van der Waals surface area contributed by atoms with E-state index in [9.17, 15) is 4.79 Å². The summed E-state index contributed by atoms with van der Waals surface area (Å²) < 4.78 is 0. The van der Waals surface area contributed by atoms with Gasteiger partial charge in [-0.1, -0.05) is 5.92 Å². The highest BCUT2D eigenvalue weighted by molar-refractivity contribution is 5.94. The first kappa shape index (κ1) is 13.1. The summed E-state index contributed by atoms with van der Waals surface area (Å²) in [5, 5.41) is 5.99. The Balaban J connectivity index is 2.77. The molecule has 0 aliphatic rings. The van der Waals surface area contributed by atoms with Gasteiger partial charge in [0.1, 0.15) is 0 Å². The lowest BCUT2D eigenvalue weighted by atomic mass is 10.1. The van der Waals surface area contributed by atoms with E-state index in [0.29, 0.717) is 18.7 Å². The van der Waals surface area contributed by atoms with E-state index < -0.39 is 0 Å². The van der Waals surface area contributed by atoms with Crippen molar-refractivity contribution in [1.29, 1.82) is 0 Å². The van der Waals surface area contributed by atoms with Crippen LogP contribution in [0.25, 0.3) is 0 Å². The van der Waals surface area contributed by atoms with Crippen LogP contribution in [0.1, 0.15) is 29.8 Å². The topological polar surface area (TPSA) is 41.1 Å². The molecule has 0 saturated heterocycles. The predicted molar refractivity (Wildman–Crippen MR) is 71.1 cm³/mol. The van der Waals surface area contributed by atoms with Crippen LogP contribution in [0.4, 0.5) is 5.69 Å². The van der Waals surface area contributed by atoms with Crippen LogP contribution in [-0.4, -0.2) is 19.0 Å². The molecule has 1 aromatic carbocycles. The van der Waals surface area contributed by atoms with Crippen LogP contribution in [-0.2, 0) is 0 Å². The highest BCUT2D eigenvalue weighted by Crippen LogP contribution is 2.16. The largest absolute Gasteiger partial charge is 0.374 e. The van der Waals surface area contributed by atoms with Crippen molar-refractivity contribution in [1.82, 2.24) is 5.32 Å². The molecule has 0 unspecified atom stereocenters. The molecule has 0 bridgehead atoms. The Labute approximate surface area is 103 Å². The third-order valence-corrected chi connectivity index (χ3v) is 2.37. The highest BCUT2D eigenvalue weighted by atomic mass is 16.1. The molecule has 1 rings (SSSR count). The van der Waals surface area contributed by atoms with Crippen molar-refractivity contribution in [2.75, 3.05) is 18.4 Å². The van der Waals surface area contributed by atoms with Crippen LogP contribution in [0.5, 0.6) is 0 Å². The Morgan fingerprint density at radius 3 is 2.76 bits per heavy atom. The Morgan fingerprint density at radius 2 is 2.18 bits per heavy atom. The summed E-state index contributed by atoms with van der Waals surface area (Å²) in [4.78, 5) is 11.6. The smallest absolute Gasteiger partial charge is 0.251 e. The Hall–Kier alpha value is -1.95. The first-order valence-corrected chi connectivity index (χ1v) is 5.71. The molecular weight excluding hydrogens is 212 g/mol. The van der Waals surface area contributed by atoms with Gasteiger partial charge >= 0.3 is 0 Å². The van der Waals surface area contributed by atoms with E-state index in [4.69, 9.17) is 0 Å². The molecule has 17 heavy (non-hydrogen) atoms. The molecule has 0 spiro atoms. The van der Waals surface area contributed by atoms with Crippen LogP contribution in [0.15, 0.2) is 18.2 Å². The van der Waals surface area contributed by atoms with Gasteiger partial charge in [-0.15, -0.1) is 5.92 Å². The molecule has 1 amide bonds. The number of carbonyl (C=O) groups is 1. The maximum absolute atomic E-state index is 11.6. The maximum Gasteiger partial charge on any atom is 0.251 e. The van der Waals surface area contributed by atoms with Crippen molar-refractivity contribution < 1.29 is 4.79 Å². The van der Waals surface area contributed by atoms with Gasteiger partial charge in [-0.2, -0.15) is 0 Å². The summed E-state index contributed by atoms with van der Waals surface area (Å²) in [6, 6.07) is 5.61. The molecule has 0 atom stereocenters. The van der Waals surface area contributed by atoms with Crippen molar-refractivity contribution >= 4 is 11.6 Å². The minimum absolute atomic E-state index is 0.0319. The molecule has 90 valence electrons. The van der Waals surface area contributed by atoms with Crippen molar-refractivity contribution in [3.63, 3.8) is 0 Å². The summed E-state index contributed by atoms with van der Waals surface area (Å²) in [5.74, 6) is 5.74. The number of aryl methyl sites for hydroxylation is 1. The molecule has 3 nitrogen and oxygen atoms in total. The van der Waals surface area contributed by atoms with Crippen molar-refractivity contribution in [3.8, 4) is 11.8 Å². The normalized spacial score (nSPS) is 9.12. The van der Waals surface area contributed by atoms with Crippen LogP contribution in [0.2, 0.25) is 0 Å². The summed E-state index contributed by atoms with van der Waals surface area (Å²) in [5.41, 5.74) is 2.75. The number of hydrogen-bond acceptors (Lipinski definition) is 2. The van der Waals surface area contributed by atoms with Crippen molar-refractivity contribution in [3.05, 3.63) is 29.3 Å². The van der Waals surface area contributed by atoms with Gasteiger partial charge < -0.3 is 10.6 Å². The molecule has 0 heterocycles. The van der Waals surface area contributed by atoms with Gasteiger partial charge in [0.25, 0.3) is 5.91 Å². The third kappa shape index (κ3) is 3.84. The van der Waals surface area contributed by atoms with Crippen molar-refractivity contribution in [2.45, 2.75) is 20.8 Å². The quantitative estimate of drug-likeness (QED) is 0.778. The Morgan fingerprint density at radius 1 is 1.41 bits per heavy atom. The number of amides is 1. The number of carbonyl (C=O) groups excluding carboxylic acids is 1. The average Bonchev–Trinajstić information content (AvgIpc) is 2.31. The van der Waals surface area contributed by atoms with Crippen LogP contribution in [0.3, 0.4) is 0 Å². The molecule has 0 saturated carbocycles. The first-order chi connectivity index (χ1) is 8.19. The zero-order valence-electron chi connectivity index (χ0n) is 10.6. The SMILES string of the molecule is CC#CCNc1ccc(C(=O)NCC)cc1C. The lowest BCUT2D eigenvalue weighted by Crippen LogP contribution is -2.22. The van der Waals surface area contributed by atoms with Crippen LogP contribution >= 0.6 is 0 Å². The molecule has 0 aliphatic heterocycles. The lowest BCUT2D eigenvalue weighted by molar-refractivity contribution is 0.0956. The average molecular weight is 230 g/mol. The minimum atomic E-state index is -0.0319. The fourth-order valence-electron chi connectivity index (χ4n) is 1.49. The zero-order chi connectivity index (χ0) is 12.7. The van der Waals surface area contributed by atoms with Gasteiger partial charge in [-0.25, -0.2) is 0 Å². The van der Waals surface area contributed by atoms with Gasteiger partial charge in [0.2, 0.25) is 0 Å². The predicted octanol–water partition coefficient (Wildman–Crippen LogP) is 2.18. The number of anilines is 1. The molecule has 0 aliphatic carbocycles. The zero-order valence-corrected chi connectivity index (χ0v) is 10.6. The van der Waals surface area contributed by atoms with Crippen LogP contribution in [0, 0.1) is 18.8 Å². The second-order valence-electron chi connectivity index (χ2n) is 3.67. The summed E-state index contributed by atoms with van der Waals surface area (Å²) in [6.45, 7) is 6.96. The molecule has 0 fully saturated rings. The Bertz CT molecular complexity index is 455. The van der Waals surface area contributed by atoms with E-state index in [1.807, 2.05) is 39.0 Å². The second kappa shape index (κ2) is 6.59. The van der Waals surface area contributed by atoms with Gasteiger partial charge in [-0.3, -0.25) is 4.79 Å². The first-order valence-electron chi connectivity index (χ1n) is 5.71. The van der Waals surface area contributed by atoms with Gasteiger partial charge in [0.15, 0.2) is 0 Å². The summed E-state index contributed by atoms with van der Waals surface area (Å²) in [7, 11) is 0. The standard InChI is InChI=1S/C14H18N2O/c1-4-6-9-16-13-8-7-12(10-11(13)3)14(17)15-5-2/h7-8,10,16H,5,9H2,1-3H3,(H,15,17). The van der Waals surface area contributed by atoms with Crippen molar-refractivity contribution in [2.24, 2.45) is 0 Å². The van der Waals surface area contributed by atoms with E-state index in [1.54, 1.807) is 0 Å². The van der Waals surface area contributed by atoms with E-state index in [2.05, 4.69) is 22.5 Å². The monoisotopic (exact) mass is 230 g/mol.